The highest BCUT2D eigenvalue weighted by Crippen LogP contribution is 2.32. The van der Waals surface area contributed by atoms with E-state index >= 15 is 0 Å². The van der Waals surface area contributed by atoms with E-state index in [1.54, 1.807) is 43.8 Å². The summed E-state index contributed by atoms with van der Waals surface area (Å²) in [6.45, 7) is 60.9. The number of ketones is 1. The molecule has 0 aliphatic carbocycles. The van der Waals surface area contributed by atoms with Gasteiger partial charge in [0.15, 0.2) is 5.78 Å². The lowest BCUT2D eigenvalue weighted by molar-refractivity contribution is -0.385. The second kappa shape index (κ2) is 55.9. The zero-order valence-corrected chi connectivity index (χ0v) is 78.0. The number of anilines is 1. The number of methoxy groups -OCH3 is 1. The number of Topliss-reactive ketones (excluding diaryl/α,β-unsaturated/α-hetero) is 1. The Labute approximate surface area is 710 Å². The molecule has 1 aliphatic rings. The minimum absolute atomic E-state index is 0. The van der Waals surface area contributed by atoms with Crippen LogP contribution in [0.15, 0.2) is 187 Å². The van der Waals surface area contributed by atoms with Gasteiger partial charge < -0.3 is 19.3 Å². The number of likely N-dealkylation sites (tertiary alicyclic amines) is 1. The second-order valence-corrected chi connectivity index (χ2v) is 35.7. The molecule has 0 saturated carbocycles. The van der Waals surface area contributed by atoms with Gasteiger partial charge in [-0.05, 0) is 241 Å². The van der Waals surface area contributed by atoms with E-state index in [9.17, 15) is 24.1 Å². The lowest BCUT2D eigenvalue weighted by Gasteiger charge is -2.26. The Bertz CT molecular complexity index is 3950. The molecule has 0 amide bonds. The van der Waals surface area contributed by atoms with Gasteiger partial charge in [-0.1, -0.05) is 312 Å². The van der Waals surface area contributed by atoms with Crippen molar-refractivity contribution in [1.82, 2.24) is 4.90 Å². The number of nitro benzene ring substituents is 1. The Morgan fingerprint density at radius 2 is 0.930 bits per heavy atom. The molecule has 0 N–H and O–H groups in total. The molecular weight excluding hydrogens is 1460 g/mol. The van der Waals surface area contributed by atoms with Crippen LogP contribution in [-0.4, -0.2) is 75.0 Å². The number of thioether (sulfide) groups is 1. The fourth-order valence-corrected chi connectivity index (χ4v) is 12.2. The average Bonchev–Trinajstić information content (AvgIpc) is 0.850. The first-order valence-corrected chi connectivity index (χ1v) is 43.3. The molecule has 0 spiro atoms. The summed E-state index contributed by atoms with van der Waals surface area (Å²) in [7, 11) is 5.55. The summed E-state index contributed by atoms with van der Waals surface area (Å²) in [5.41, 5.74) is 17.3. The number of piperidine rings is 1. The van der Waals surface area contributed by atoms with Crippen LogP contribution in [0.5, 0.6) is 5.75 Å². The van der Waals surface area contributed by atoms with Crippen molar-refractivity contribution in [3.63, 3.8) is 0 Å². The molecule has 0 aromatic heterocycles. The molecule has 9 rings (SSSR count). The Hall–Kier alpha value is -7.57. The van der Waals surface area contributed by atoms with Crippen molar-refractivity contribution in [2.24, 2.45) is 5.92 Å². The number of nitro groups is 1. The molecule has 1 saturated heterocycles. The van der Waals surface area contributed by atoms with Crippen molar-refractivity contribution in [3.05, 3.63) is 269 Å². The van der Waals surface area contributed by atoms with Gasteiger partial charge in [-0.15, -0.1) is 11.8 Å². The highest BCUT2D eigenvalue weighted by atomic mass is 35.5. The van der Waals surface area contributed by atoms with E-state index in [0.717, 1.165) is 38.8 Å². The van der Waals surface area contributed by atoms with Gasteiger partial charge in [-0.2, -0.15) is 0 Å². The van der Waals surface area contributed by atoms with Gasteiger partial charge in [0.05, 0.1) is 18.5 Å². The predicted molar refractivity (Wildman–Crippen MR) is 502 cm³/mol. The first-order chi connectivity index (χ1) is 53.3. The van der Waals surface area contributed by atoms with E-state index in [0.29, 0.717) is 64.9 Å². The first kappa shape index (κ1) is 107. The zero-order chi connectivity index (χ0) is 86.8. The molecule has 1 fully saturated rings. The Morgan fingerprint density at radius 3 is 1.33 bits per heavy atom. The molecule has 8 aromatic rings. The van der Waals surface area contributed by atoms with Gasteiger partial charge in [-0.25, -0.2) is 4.39 Å². The van der Waals surface area contributed by atoms with Gasteiger partial charge in [0.1, 0.15) is 5.75 Å². The molecule has 638 valence electrons. The highest BCUT2D eigenvalue weighted by Gasteiger charge is 2.25. The topological polar surface area (TPSA) is 102 Å². The molecule has 1 heterocycles. The molecule has 0 radical (unpaired) electrons. The lowest BCUT2D eigenvalue weighted by Crippen LogP contribution is -2.31. The first-order valence-electron chi connectivity index (χ1n) is 41.7. The molecule has 1 atom stereocenters. The van der Waals surface area contributed by atoms with Crippen LogP contribution < -0.4 is 9.64 Å². The van der Waals surface area contributed by atoms with E-state index in [2.05, 4.69) is 291 Å². The standard InChI is InChI=1S/C15H22O2.C14H22.C11H15FO.C11H17N.C11H14O.C10H13Cl.C10H13NO2.C10H21N.C10H14S.CH4/c1-11(2)12-6-8-13(9-7-12)15(3,4)10-14(16)17-5;1-6-14(4,5)13-9-7-12(8-10-13)11(2)3;1-8(2)10-5-4-6-11(7-10)13-9(3)12;1-9(2)10-5-7-11(8-6-10)12(3)4;1-8(2)10-5-4-6-11(7-10)9(3)12;1-7(2)9-4-5-10(11)8(3)6-9;1-7(2)9-5-4-8(3)10(6-9)11(12)13;1-10(2)6-9-11-7-4-3-5-8-11;1-8(2)9-5-4-6-10(7-9)11-3;/h6-9,11H,10H2,1-5H3;7-11H,6H2,1-5H3;4-9H,1-3H3;5-9H,1-4H3;4-8H,1-3H3;4-7H,1-3H3;4-7H,1-3H3;10H,3-9H2,1-2H3;4-8H,1-3H3;1H4. The van der Waals surface area contributed by atoms with Gasteiger partial charge in [0, 0.05) is 59.2 Å². The number of ether oxygens (including phenoxy) is 2. The van der Waals surface area contributed by atoms with Crippen LogP contribution in [0.25, 0.3) is 0 Å². The molecule has 9 nitrogen and oxygen atoms in total. The largest absolute Gasteiger partial charge is 0.469 e. The third-order valence-electron chi connectivity index (χ3n) is 20.5. The van der Waals surface area contributed by atoms with Crippen LogP contribution in [0.4, 0.5) is 15.8 Å². The number of esters is 1. The number of halogens is 2. The van der Waals surface area contributed by atoms with Crippen molar-refractivity contribution >= 4 is 46.5 Å². The fourth-order valence-electron chi connectivity index (χ4n) is 11.6. The summed E-state index contributed by atoms with van der Waals surface area (Å²) in [6.07, 6.45) is 8.15. The summed E-state index contributed by atoms with van der Waals surface area (Å²) >= 11 is 7.69. The van der Waals surface area contributed by atoms with Crippen LogP contribution in [0.3, 0.4) is 0 Å². The summed E-state index contributed by atoms with van der Waals surface area (Å²) in [4.78, 5) is 38.7. The highest BCUT2D eigenvalue weighted by molar-refractivity contribution is 7.98. The number of nitrogens with zero attached hydrogens (tertiary/aromatic N) is 3. The van der Waals surface area contributed by atoms with E-state index in [-0.39, 0.29) is 35.2 Å². The van der Waals surface area contributed by atoms with Crippen LogP contribution in [0, 0.1) is 29.9 Å². The normalized spacial score (nSPS) is 12.1. The monoisotopic (exact) mass is 1620 g/mol. The van der Waals surface area contributed by atoms with Crippen molar-refractivity contribution in [2.45, 2.75) is 302 Å². The molecule has 1 aliphatic heterocycles. The number of hydrogen-bond donors (Lipinski definition) is 0. The smallest absolute Gasteiger partial charge is 0.306 e. The molecule has 1 unspecified atom stereocenters. The van der Waals surface area contributed by atoms with Gasteiger partial charge in [0.25, 0.3) is 5.69 Å². The maximum atomic E-state index is 12.5. The number of aryl methyl sites for hydroxylation is 2. The Morgan fingerprint density at radius 1 is 0.530 bits per heavy atom. The lowest BCUT2D eigenvalue weighted by atomic mass is 9.81. The zero-order valence-electron chi connectivity index (χ0n) is 76.4. The summed E-state index contributed by atoms with van der Waals surface area (Å²) in [5.74, 6) is 5.73. The quantitative estimate of drug-likeness (QED) is 0.0216. The number of hydrogen-bond acceptors (Lipinski definition) is 9. The maximum Gasteiger partial charge on any atom is 0.306 e. The summed E-state index contributed by atoms with van der Waals surface area (Å²) < 4.78 is 22.2. The van der Waals surface area contributed by atoms with Gasteiger partial charge in [-0.3, -0.25) is 19.7 Å². The maximum absolute atomic E-state index is 12.5. The van der Waals surface area contributed by atoms with Crippen molar-refractivity contribution in [2.75, 3.05) is 52.0 Å². The third-order valence-corrected chi connectivity index (χ3v) is 21.6. The van der Waals surface area contributed by atoms with Gasteiger partial charge >= 0.3 is 5.97 Å². The summed E-state index contributed by atoms with van der Waals surface area (Å²) in [6, 6.07) is 61.9. The molecule has 115 heavy (non-hydrogen) atoms. The molecule has 12 heteroatoms. The van der Waals surface area contributed by atoms with Crippen LogP contribution in [-0.2, 0) is 20.4 Å². The van der Waals surface area contributed by atoms with E-state index in [4.69, 9.17) is 21.1 Å². The fraction of sp³-hybridized carbons (Fsp3) is 0.515. The molecule has 0 bridgehead atoms. The van der Waals surface area contributed by atoms with Crippen molar-refractivity contribution in [3.8, 4) is 5.75 Å². The van der Waals surface area contributed by atoms with Crippen molar-refractivity contribution < 1.29 is 28.4 Å². The van der Waals surface area contributed by atoms with Crippen LogP contribution >= 0.6 is 23.4 Å². The van der Waals surface area contributed by atoms with Crippen LogP contribution in [0.1, 0.15) is 344 Å². The SMILES string of the molecule is C.CC(=O)c1cccc(C(C)C)c1.CC(C)CCN1CCCCC1.CC(C)c1ccc(N(C)C)cc1.CC(F)Oc1cccc(C(C)C)c1.CCC(C)(C)c1ccc(C(C)C)cc1.COC(=O)CC(C)(C)c1ccc(C(C)C)cc1.CSc1cccc(C(C)C)c1.Cc1cc(C(C)C)ccc1Cl.Cc1ccc(C(C)C)cc1[N+](=O)[O-]. The average molecular weight is 1620 g/mol. The minimum atomic E-state index is -1.25. The number of carbonyl (C=O) groups is 2. The van der Waals surface area contributed by atoms with Crippen LogP contribution in [0.2, 0.25) is 5.02 Å². The minimum Gasteiger partial charge on any atom is -0.469 e. The van der Waals surface area contributed by atoms with Gasteiger partial charge in [0.2, 0.25) is 6.36 Å². The predicted octanol–water partition coefficient (Wildman–Crippen LogP) is 31.0. The van der Waals surface area contributed by atoms with E-state index in [1.165, 1.54) is 121 Å². The van der Waals surface area contributed by atoms with E-state index < -0.39 is 6.36 Å². The number of carbonyl (C=O) groups excluding carboxylic acids is 2. The third kappa shape index (κ3) is 43.5. The Kier molecular flexibility index (Phi) is 52.3. The summed E-state index contributed by atoms with van der Waals surface area (Å²) in [5, 5.41) is 11.5. The van der Waals surface area contributed by atoms with E-state index in [1.807, 2.05) is 69.3 Å². The van der Waals surface area contributed by atoms with Crippen molar-refractivity contribution in [1.29, 1.82) is 0 Å². The second-order valence-electron chi connectivity index (χ2n) is 34.4. The molecule has 8 aromatic carbocycles. The number of alkyl halides is 1. The molecular formula is C103H155ClFN3O6S. The number of rotatable bonds is 22. The number of benzene rings is 8. The Balaban J connectivity index is 0.00000127.